The maximum Gasteiger partial charge on any atom is 0.410 e. The molecular formula is C23H29N5O6S2. The molecule has 4 rings (SSSR count). The molecule has 2 aromatic heterocycles. The van der Waals surface area contributed by atoms with Crippen molar-refractivity contribution in [3.8, 4) is 5.88 Å². The quantitative estimate of drug-likeness (QED) is 0.464. The van der Waals surface area contributed by atoms with Gasteiger partial charge in [0.1, 0.15) is 10.5 Å². The highest BCUT2D eigenvalue weighted by Gasteiger charge is 2.36. The van der Waals surface area contributed by atoms with E-state index < -0.39 is 21.3 Å². The molecule has 0 spiro atoms. The van der Waals surface area contributed by atoms with E-state index in [-0.39, 0.29) is 33.9 Å². The Hall–Kier alpha value is -3.19. The summed E-state index contributed by atoms with van der Waals surface area (Å²) in [5, 5.41) is 4.91. The van der Waals surface area contributed by atoms with Crippen LogP contribution in [0.4, 0.5) is 9.93 Å². The molecule has 194 valence electrons. The van der Waals surface area contributed by atoms with Gasteiger partial charge in [-0.1, -0.05) is 29.0 Å². The Morgan fingerprint density at radius 2 is 1.72 bits per heavy atom. The normalized spacial score (nSPS) is 18.9. The number of carbonyl (C=O) groups is 1. The highest BCUT2D eigenvalue weighted by Crippen LogP contribution is 2.28. The molecule has 0 N–H and O–H groups in total. The van der Waals surface area contributed by atoms with E-state index in [1.165, 1.54) is 12.1 Å². The molecule has 1 saturated heterocycles. The molecule has 3 heterocycles. The van der Waals surface area contributed by atoms with Gasteiger partial charge in [-0.3, -0.25) is 9.69 Å². The standard InChI is InChI=1S/C23H29N5O6S2/c1-14-7-9-17(10-8-14)36(31,32)34-18-11-19(29)28-20(24-18)35-21(25-28)26-12-15(2)27(16(3)13-26)22(30)33-23(4,5)6/h7-11,15-16H,12-13H2,1-6H3. The van der Waals surface area contributed by atoms with Gasteiger partial charge in [0.25, 0.3) is 5.56 Å². The molecular weight excluding hydrogens is 506 g/mol. The van der Waals surface area contributed by atoms with Gasteiger partial charge in [-0.05, 0) is 53.7 Å². The number of hydrogen-bond acceptors (Lipinski definition) is 10. The van der Waals surface area contributed by atoms with E-state index in [1.54, 1.807) is 17.0 Å². The number of aryl methyl sites for hydroxylation is 1. The summed E-state index contributed by atoms with van der Waals surface area (Å²) in [6.45, 7) is 12.1. The Kier molecular flexibility index (Phi) is 6.73. The van der Waals surface area contributed by atoms with Gasteiger partial charge in [-0.15, -0.1) is 5.10 Å². The number of fused-ring (bicyclic) bond motifs is 1. The Morgan fingerprint density at radius 1 is 1.11 bits per heavy atom. The van der Waals surface area contributed by atoms with Crippen molar-refractivity contribution in [2.45, 2.75) is 64.1 Å². The van der Waals surface area contributed by atoms with Crippen molar-refractivity contribution in [2.24, 2.45) is 0 Å². The van der Waals surface area contributed by atoms with E-state index in [4.69, 9.17) is 8.92 Å². The van der Waals surface area contributed by atoms with E-state index in [2.05, 4.69) is 10.1 Å². The van der Waals surface area contributed by atoms with Crippen LogP contribution in [-0.2, 0) is 14.9 Å². The largest absolute Gasteiger partial charge is 0.444 e. The Labute approximate surface area is 213 Å². The van der Waals surface area contributed by atoms with Gasteiger partial charge in [0.05, 0.1) is 18.2 Å². The first-order valence-corrected chi connectivity index (χ1v) is 13.6. The topological polar surface area (TPSA) is 123 Å². The number of rotatable bonds is 4. The first-order valence-electron chi connectivity index (χ1n) is 11.4. The van der Waals surface area contributed by atoms with Gasteiger partial charge >= 0.3 is 16.2 Å². The Balaban J connectivity index is 1.56. The van der Waals surface area contributed by atoms with Crippen LogP contribution >= 0.6 is 11.3 Å². The van der Waals surface area contributed by atoms with Gasteiger partial charge in [-0.25, -0.2) is 4.79 Å². The fourth-order valence-corrected chi connectivity index (χ4v) is 5.76. The van der Waals surface area contributed by atoms with Gasteiger partial charge in [-0.2, -0.15) is 17.9 Å². The predicted molar refractivity (Wildman–Crippen MR) is 135 cm³/mol. The maximum absolute atomic E-state index is 12.7. The Bertz CT molecular complexity index is 1430. The highest BCUT2D eigenvalue weighted by atomic mass is 32.2. The molecule has 13 heteroatoms. The second-order valence-electron chi connectivity index (χ2n) is 9.85. The molecule has 36 heavy (non-hydrogen) atoms. The van der Waals surface area contributed by atoms with Crippen LogP contribution in [0.3, 0.4) is 0 Å². The molecule has 1 fully saturated rings. The minimum absolute atomic E-state index is 0.0362. The third kappa shape index (κ3) is 5.46. The summed E-state index contributed by atoms with van der Waals surface area (Å²) in [6.07, 6.45) is -0.374. The van der Waals surface area contributed by atoms with Crippen LogP contribution in [0.2, 0.25) is 0 Å². The third-order valence-corrected chi connectivity index (χ3v) is 7.72. The first-order chi connectivity index (χ1) is 16.7. The molecule has 1 amide bonds. The van der Waals surface area contributed by atoms with Crippen LogP contribution < -0.4 is 14.6 Å². The van der Waals surface area contributed by atoms with Gasteiger partial charge in [0, 0.05) is 13.1 Å². The molecule has 1 aliphatic heterocycles. The second-order valence-corrected chi connectivity index (χ2v) is 12.3. The fraction of sp³-hybridized carbons (Fsp3) is 0.478. The number of nitrogens with zero attached hydrogens (tertiary/aromatic N) is 5. The minimum atomic E-state index is -4.16. The van der Waals surface area contributed by atoms with Crippen LogP contribution in [0, 0.1) is 6.92 Å². The van der Waals surface area contributed by atoms with Crippen molar-refractivity contribution < 1.29 is 22.1 Å². The first kappa shape index (κ1) is 25.9. The summed E-state index contributed by atoms with van der Waals surface area (Å²) in [6, 6.07) is 6.83. The molecule has 0 bridgehead atoms. The van der Waals surface area contributed by atoms with Gasteiger partial charge < -0.3 is 13.8 Å². The second kappa shape index (κ2) is 9.36. The zero-order valence-corrected chi connectivity index (χ0v) is 22.6. The third-order valence-electron chi connectivity index (χ3n) is 5.51. The van der Waals surface area contributed by atoms with E-state index in [1.807, 2.05) is 46.4 Å². The zero-order valence-electron chi connectivity index (χ0n) is 21.0. The summed E-state index contributed by atoms with van der Waals surface area (Å²) < 4.78 is 37.1. The molecule has 0 aliphatic carbocycles. The van der Waals surface area contributed by atoms with Crippen molar-refractivity contribution in [1.29, 1.82) is 0 Å². The lowest BCUT2D eigenvalue weighted by molar-refractivity contribution is 0.00564. The van der Waals surface area contributed by atoms with Crippen LogP contribution in [0.5, 0.6) is 5.88 Å². The Morgan fingerprint density at radius 3 is 2.31 bits per heavy atom. The van der Waals surface area contributed by atoms with Crippen LogP contribution in [-0.4, -0.2) is 64.8 Å². The lowest BCUT2D eigenvalue weighted by atomic mass is 10.1. The molecule has 0 radical (unpaired) electrons. The van der Waals surface area contributed by atoms with Crippen molar-refractivity contribution >= 4 is 37.6 Å². The lowest BCUT2D eigenvalue weighted by Gasteiger charge is -2.44. The smallest absolute Gasteiger partial charge is 0.410 e. The summed E-state index contributed by atoms with van der Waals surface area (Å²) in [5.41, 5.74) is -0.259. The van der Waals surface area contributed by atoms with E-state index in [0.717, 1.165) is 27.5 Å². The van der Waals surface area contributed by atoms with Crippen molar-refractivity contribution in [3.63, 3.8) is 0 Å². The number of ether oxygens (including phenoxy) is 1. The van der Waals surface area contributed by atoms with Crippen molar-refractivity contribution in [3.05, 3.63) is 46.2 Å². The maximum atomic E-state index is 12.7. The number of hydrogen-bond donors (Lipinski definition) is 0. The van der Waals surface area contributed by atoms with E-state index >= 15 is 0 Å². The number of carbonyl (C=O) groups excluding carboxylic acids is 1. The molecule has 3 aromatic rings. The minimum Gasteiger partial charge on any atom is -0.444 e. The van der Waals surface area contributed by atoms with Crippen LogP contribution in [0.15, 0.2) is 40.0 Å². The van der Waals surface area contributed by atoms with Crippen molar-refractivity contribution in [1.82, 2.24) is 19.5 Å². The molecule has 2 unspecified atom stereocenters. The molecule has 0 saturated carbocycles. The SMILES string of the molecule is Cc1ccc(S(=O)(=O)Oc2cc(=O)n3nc(N4CC(C)N(C(=O)OC(C)(C)C)C(C)C4)sc3n2)cc1. The van der Waals surface area contributed by atoms with Crippen LogP contribution in [0.25, 0.3) is 4.96 Å². The van der Waals surface area contributed by atoms with Gasteiger partial charge in [0.15, 0.2) is 0 Å². The highest BCUT2D eigenvalue weighted by molar-refractivity contribution is 7.87. The van der Waals surface area contributed by atoms with Crippen molar-refractivity contribution in [2.75, 3.05) is 18.0 Å². The zero-order chi connectivity index (χ0) is 26.4. The number of benzene rings is 1. The molecule has 1 aromatic carbocycles. The summed E-state index contributed by atoms with van der Waals surface area (Å²) in [5.74, 6) is -0.327. The number of piperazine rings is 1. The predicted octanol–water partition coefficient (Wildman–Crippen LogP) is 3.06. The van der Waals surface area contributed by atoms with E-state index in [9.17, 15) is 18.0 Å². The number of anilines is 1. The average molecular weight is 536 g/mol. The molecule has 2 atom stereocenters. The number of aromatic nitrogens is 3. The average Bonchev–Trinajstić information content (AvgIpc) is 3.17. The van der Waals surface area contributed by atoms with Gasteiger partial charge in [0.2, 0.25) is 16.0 Å². The van der Waals surface area contributed by atoms with Crippen LogP contribution in [0.1, 0.15) is 40.2 Å². The monoisotopic (exact) mass is 535 g/mol. The number of amides is 1. The fourth-order valence-electron chi connectivity index (χ4n) is 3.97. The molecule has 11 nitrogen and oxygen atoms in total. The lowest BCUT2D eigenvalue weighted by Crippen LogP contribution is -2.59. The molecule has 1 aliphatic rings. The summed E-state index contributed by atoms with van der Waals surface area (Å²) in [4.78, 5) is 33.4. The van der Waals surface area contributed by atoms with E-state index in [0.29, 0.717) is 18.2 Å². The summed E-state index contributed by atoms with van der Waals surface area (Å²) in [7, 11) is -4.16. The summed E-state index contributed by atoms with van der Waals surface area (Å²) >= 11 is 1.14.